The molecule has 5 nitrogen and oxygen atoms in total. The van der Waals surface area contributed by atoms with Gasteiger partial charge in [-0.1, -0.05) is 0 Å². The van der Waals surface area contributed by atoms with Gasteiger partial charge in [-0.15, -0.1) is 0 Å². The minimum Gasteiger partial charge on any atom is -0.370 e. The Hall–Kier alpha value is -1.49. The second-order valence-corrected chi connectivity index (χ2v) is 2.80. The van der Waals surface area contributed by atoms with Crippen LogP contribution >= 0.6 is 0 Å². The van der Waals surface area contributed by atoms with Crippen molar-refractivity contribution in [3.8, 4) is 0 Å². The largest absolute Gasteiger partial charge is 0.370 e. The molecule has 70 valence electrons. The van der Waals surface area contributed by atoms with Gasteiger partial charge in [0.25, 0.3) is 0 Å². The Balaban J connectivity index is 2.82. The normalized spacial score (nSPS) is 12.5. The van der Waals surface area contributed by atoms with Crippen LogP contribution in [0.4, 0.5) is 0 Å². The van der Waals surface area contributed by atoms with E-state index in [1.54, 1.807) is 19.3 Å². The van der Waals surface area contributed by atoms with E-state index in [-0.39, 0.29) is 6.42 Å². The summed E-state index contributed by atoms with van der Waals surface area (Å²) in [5, 5.41) is 0. The highest BCUT2D eigenvalue weighted by Crippen LogP contribution is 2.12. The maximum atomic E-state index is 10.6. The Kier molecular flexibility index (Phi) is 2.92. The maximum Gasteiger partial charge on any atom is 0.219 e. The molecular weight excluding hydrogens is 168 g/mol. The fourth-order valence-corrected chi connectivity index (χ4v) is 1.10. The third-order valence-electron chi connectivity index (χ3n) is 1.69. The number of nitrogens with zero attached hydrogens (tertiary/aromatic N) is 2. The summed E-state index contributed by atoms with van der Waals surface area (Å²) in [5.74, 6) is -0.433. The lowest BCUT2D eigenvalue weighted by Crippen LogP contribution is -2.22. The Morgan fingerprint density at radius 1 is 1.54 bits per heavy atom. The number of hydrogen-bond acceptors (Lipinski definition) is 4. The van der Waals surface area contributed by atoms with Gasteiger partial charge in [0.15, 0.2) is 0 Å². The van der Waals surface area contributed by atoms with Crippen LogP contribution < -0.4 is 11.5 Å². The van der Waals surface area contributed by atoms with E-state index in [1.165, 1.54) is 0 Å². The number of carbonyl (C=O) groups is 1. The van der Waals surface area contributed by atoms with Crippen molar-refractivity contribution in [1.29, 1.82) is 0 Å². The Labute approximate surface area is 76.2 Å². The first-order chi connectivity index (χ1) is 6.11. The van der Waals surface area contributed by atoms with Crippen molar-refractivity contribution in [2.75, 3.05) is 0 Å². The van der Waals surface area contributed by atoms with E-state index in [1.807, 2.05) is 0 Å². The molecule has 0 radical (unpaired) electrons. The molecule has 0 aromatic carbocycles. The Morgan fingerprint density at radius 2 is 2.15 bits per heavy atom. The zero-order chi connectivity index (χ0) is 9.84. The summed E-state index contributed by atoms with van der Waals surface area (Å²) in [6, 6.07) is -0.453. The van der Waals surface area contributed by atoms with Crippen LogP contribution in [0.3, 0.4) is 0 Å². The first-order valence-electron chi connectivity index (χ1n) is 3.92. The van der Waals surface area contributed by atoms with Crippen LogP contribution in [-0.2, 0) is 4.79 Å². The predicted octanol–water partition coefficient (Wildman–Crippen LogP) is -0.340. The fraction of sp³-hybridized carbons (Fsp3) is 0.375. The van der Waals surface area contributed by atoms with Crippen molar-refractivity contribution in [1.82, 2.24) is 9.97 Å². The van der Waals surface area contributed by atoms with Crippen LogP contribution in [0.1, 0.15) is 23.9 Å². The molecule has 0 aliphatic rings. The Bertz CT molecular complexity index is 313. The van der Waals surface area contributed by atoms with Gasteiger partial charge in [0, 0.05) is 18.8 Å². The average Bonchev–Trinajstić information content (AvgIpc) is 2.03. The van der Waals surface area contributed by atoms with Crippen molar-refractivity contribution >= 4 is 5.91 Å². The second-order valence-electron chi connectivity index (χ2n) is 2.80. The molecule has 1 rings (SSSR count). The molecule has 4 N–H and O–H groups in total. The van der Waals surface area contributed by atoms with Gasteiger partial charge in [-0.25, -0.2) is 0 Å². The zero-order valence-corrected chi connectivity index (χ0v) is 7.40. The van der Waals surface area contributed by atoms with Crippen LogP contribution in [0.25, 0.3) is 0 Å². The quantitative estimate of drug-likeness (QED) is 0.665. The molecule has 0 fully saturated rings. The lowest BCUT2D eigenvalue weighted by molar-refractivity contribution is -0.118. The molecule has 1 amide bonds. The van der Waals surface area contributed by atoms with Gasteiger partial charge in [0.2, 0.25) is 5.91 Å². The molecule has 1 aromatic heterocycles. The predicted molar refractivity (Wildman–Crippen MR) is 47.5 cm³/mol. The second kappa shape index (κ2) is 3.95. The van der Waals surface area contributed by atoms with Crippen molar-refractivity contribution in [2.24, 2.45) is 11.5 Å². The molecule has 1 heterocycles. The first kappa shape index (κ1) is 9.60. The van der Waals surface area contributed by atoms with Gasteiger partial charge in [0.05, 0.1) is 17.4 Å². The van der Waals surface area contributed by atoms with E-state index in [4.69, 9.17) is 11.5 Å². The molecule has 0 saturated heterocycles. The molecule has 0 spiro atoms. The number of amides is 1. The zero-order valence-electron chi connectivity index (χ0n) is 7.40. The summed E-state index contributed by atoms with van der Waals surface area (Å²) >= 11 is 0. The standard InChI is InChI=1S/C8H12N4O/c1-5-8(12-3-2-11-5)6(9)4-7(10)13/h2-3,6H,4,9H2,1H3,(H2,10,13)/t6-/m1/s1. The summed E-state index contributed by atoms with van der Waals surface area (Å²) in [4.78, 5) is 18.6. The summed E-state index contributed by atoms with van der Waals surface area (Å²) in [6.07, 6.45) is 3.22. The van der Waals surface area contributed by atoms with Gasteiger partial charge in [0.1, 0.15) is 0 Å². The molecule has 13 heavy (non-hydrogen) atoms. The number of rotatable bonds is 3. The number of primary amides is 1. The number of nitrogens with two attached hydrogens (primary N) is 2. The van der Waals surface area contributed by atoms with Crippen LogP contribution in [-0.4, -0.2) is 15.9 Å². The highest BCUT2D eigenvalue weighted by Gasteiger charge is 2.12. The van der Waals surface area contributed by atoms with Crippen LogP contribution in [0.5, 0.6) is 0 Å². The lowest BCUT2D eigenvalue weighted by Gasteiger charge is -2.09. The SMILES string of the molecule is Cc1nccnc1[C@H](N)CC(N)=O. The molecule has 5 heteroatoms. The highest BCUT2D eigenvalue weighted by atomic mass is 16.1. The van der Waals surface area contributed by atoms with E-state index in [0.29, 0.717) is 5.69 Å². The van der Waals surface area contributed by atoms with Crippen molar-refractivity contribution in [2.45, 2.75) is 19.4 Å². The van der Waals surface area contributed by atoms with Gasteiger partial charge in [-0.3, -0.25) is 14.8 Å². The van der Waals surface area contributed by atoms with Gasteiger partial charge < -0.3 is 11.5 Å². The average molecular weight is 180 g/mol. The molecular formula is C8H12N4O. The van der Waals surface area contributed by atoms with E-state index < -0.39 is 11.9 Å². The topological polar surface area (TPSA) is 94.9 Å². The van der Waals surface area contributed by atoms with E-state index >= 15 is 0 Å². The molecule has 0 bridgehead atoms. The molecule has 0 aliphatic carbocycles. The van der Waals surface area contributed by atoms with Crippen molar-refractivity contribution in [3.63, 3.8) is 0 Å². The summed E-state index contributed by atoms with van der Waals surface area (Å²) in [6.45, 7) is 1.79. The summed E-state index contributed by atoms with van der Waals surface area (Å²) in [7, 11) is 0. The monoisotopic (exact) mass is 180 g/mol. The first-order valence-corrected chi connectivity index (χ1v) is 3.92. The van der Waals surface area contributed by atoms with E-state index in [0.717, 1.165) is 5.69 Å². The Morgan fingerprint density at radius 3 is 2.69 bits per heavy atom. The van der Waals surface area contributed by atoms with Gasteiger partial charge in [-0.05, 0) is 6.92 Å². The summed E-state index contributed by atoms with van der Waals surface area (Å²) in [5.41, 5.74) is 12.1. The minimum atomic E-state index is -0.453. The maximum absolute atomic E-state index is 10.6. The van der Waals surface area contributed by atoms with Crippen molar-refractivity contribution in [3.05, 3.63) is 23.8 Å². The summed E-state index contributed by atoms with van der Waals surface area (Å²) < 4.78 is 0. The van der Waals surface area contributed by atoms with E-state index in [9.17, 15) is 4.79 Å². The highest BCUT2D eigenvalue weighted by molar-refractivity contribution is 5.74. The van der Waals surface area contributed by atoms with E-state index in [2.05, 4.69) is 9.97 Å². The van der Waals surface area contributed by atoms with Gasteiger partial charge >= 0.3 is 0 Å². The number of carbonyl (C=O) groups excluding carboxylic acids is 1. The molecule has 1 aromatic rings. The van der Waals surface area contributed by atoms with Crippen LogP contribution in [0, 0.1) is 6.92 Å². The number of aryl methyl sites for hydroxylation is 1. The van der Waals surface area contributed by atoms with Crippen LogP contribution in [0.2, 0.25) is 0 Å². The minimum absolute atomic E-state index is 0.0968. The molecule has 0 aliphatic heterocycles. The third kappa shape index (κ3) is 2.48. The number of hydrogen-bond donors (Lipinski definition) is 2. The molecule has 0 unspecified atom stereocenters. The van der Waals surface area contributed by atoms with Crippen LogP contribution in [0.15, 0.2) is 12.4 Å². The molecule has 1 atom stereocenters. The number of aromatic nitrogens is 2. The van der Waals surface area contributed by atoms with Crippen molar-refractivity contribution < 1.29 is 4.79 Å². The molecule has 0 saturated carbocycles. The fourth-order valence-electron chi connectivity index (χ4n) is 1.10. The third-order valence-corrected chi connectivity index (χ3v) is 1.69. The lowest BCUT2D eigenvalue weighted by atomic mass is 10.1. The van der Waals surface area contributed by atoms with Gasteiger partial charge in [-0.2, -0.15) is 0 Å². The smallest absolute Gasteiger partial charge is 0.219 e.